The Bertz CT molecular complexity index is 236. The van der Waals surface area contributed by atoms with Crippen LogP contribution < -0.4 is 10.6 Å². The van der Waals surface area contributed by atoms with E-state index in [1.54, 1.807) is 16.8 Å². The second-order valence-electron chi connectivity index (χ2n) is 3.06. The van der Waals surface area contributed by atoms with Gasteiger partial charge in [-0.05, 0) is 18.9 Å². The van der Waals surface area contributed by atoms with Gasteiger partial charge in [0.1, 0.15) is 5.51 Å². The van der Waals surface area contributed by atoms with E-state index in [0.29, 0.717) is 5.92 Å². The van der Waals surface area contributed by atoms with Crippen molar-refractivity contribution in [1.29, 1.82) is 0 Å². The Labute approximate surface area is 75.4 Å². The molecule has 1 aliphatic heterocycles. The normalized spacial score (nSPS) is 23.4. The van der Waals surface area contributed by atoms with Crippen LogP contribution in [0.1, 0.15) is 6.42 Å². The van der Waals surface area contributed by atoms with Gasteiger partial charge in [-0.2, -0.15) is 0 Å². The highest BCUT2D eigenvalue weighted by Crippen LogP contribution is 2.23. The van der Waals surface area contributed by atoms with Crippen LogP contribution in [0.15, 0.2) is 5.51 Å². The zero-order valence-electron chi connectivity index (χ0n) is 6.81. The van der Waals surface area contributed by atoms with Crippen LogP contribution in [0.25, 0.3) is 0 Å². The van der Waals surface area contributed by atoms with Crippen LogP contribution in [-0.4, -0.2) is 29.8 Å². The van der Waals surface area contributed by atoms with E-state index in [0.717, 1.165) is 24.8 Å². The van der Waals surface area contributed by atoms with Crippen molar-refractivity contribution in [2.45, 2.75) is 6.42 Å². The van der Waals surface area contributed by atoms with Crippen molar-refractivity contribution in [2.24, 2.45) is 11.7 Å². The number of anilines is 1. The summed E-state index contributed by atoms with van der Waals surface area (Å²) >= 11 is 1.60. The summed E-state index contributed by atoms with van der Waals surface area (Å²) in [4.78, 5) is 2.26. The van der Waals surface area contributed by atoms with Gasteiger partial charge in [-0.1, -0.05) is 11.3 Å². The second kappa shape index (κ2) is 3.37. The number of aromatic nitrogens is 2. The third-order valence-corrected chi connectivity index (χ3v) is 2.99. The summed E-state index contributed by atoms with van der Waals surface area (Å²) in [6, 6.07) is 0. The zero-order chi connectivity index (χ0) is 8.39. The van der Waals surface area contributed by atoms with E-state index in [1.165, 1.54) is 6.42 Å². The van der Waals surface area contributed by atoms with Gasteiger partial charge in [0, 0.05) is 13.1 Å². The molecule has 0 bridgehead atoms. The molecule has 5 heteroatoms. The fourth-order valence-corrected chi connectivity index (χ4v) is 2.10. The number of nitrogens with two attached hydrogens (primary N) is 1. The van der Waals surface area contributed by atoms with E-state index in [1.807, 2.05) is 0 Å². The Balaban J connectivity index is 2.00. The maximum absolute atomic E-state index is 5.59. The average molecular weight is 184 g/mol. The molecule has 1 aromatic rings. The molecule has 12 heavy (non-hydrogen) atoms. The second-order valence-corrected chi connectivity index (χ2v) is 3.87. The molecule has 2 rings (SSSR count). The van der Waals surface area contributed by atoms with Crippen LogP contribution in [0, 0.1) is 5.92 Å². The summed E-state index contributed by atoms with van der Waals surface area (Å²) in [5.41, 5.74) is 7.36. The predicted octanol–water partition coefficient (Wildman–Crippen LogP) is 0.323. The quantitative estimate of drug-likeness (QED) is 0.719. The molecule has 4 nitrogen and oxygen atoms in total. The van der Waals surface area contributed by atoms with Gasteiger partial charge in [-0.3, -0.25) is 0 Å². The highest BCUT2D eigenvalue weighted by molar-refractivity contribution is 7.13. The molecule has 0 radical (unpaired) electrons. The summed E-state index contributed by atoms with van der Waals surface area (Å²) in [6.45, 7) is 2.91. The minimum Gasteiger partial charge on any atom is -0.346 e. The molecule has 1 fully saturated rings. The van der Waals surface area contributed by atoms with Crippen LogP contribution in [0.3, 0.4) is 0 Å². The molecule has 2 N–H and O–H groups in total. The fraction of sp³-hybridized carbons (Fsp3) is 0.714. The Hall–Kier alpha value is -0.680. The third kappa shape index (κ3) is 1.42. The highest BCUT2D eigenvalue weighted by Gasteiger charge is 2.22. The van der Waals surface area contributed by atoms with Crippen molar-refractivity contribution >= 4 is 16.5 Å². The number of nitrogens with zero attached hydrogens (tertiary/aromatic N) is 3. The topological polar surface area (TPSA) is 55.0 Å². The third-order valence-electron chi connectivity index (χ3n) is 2.24. The first kappa shape index (κ1) is 7.94. The average Bonchev–Trinajstić information content (AvgIpc) is 2.75. The van der Waals surface area contributed by atoms with Gasteiger partial charge in [0.15, 0.2) is 0 Å². The molecule has 1 unspecified atom stereocenters. The van der Waals surface area contributed by atoms with E-state index < -0.39 is 0 Å². The maximum Gasteiger partial charge on any atom is 0.208 e. The van der Waals surface area contributed by atoms with Crippen LogP contribution in [0.2, 0.25) is 0 Å². The van der Waals surface area contributed by atoms with Crippen molar-refractivity contribution in [1.82, 2.24) is 10.2 Å². The molecule has 1 atom stereocenters. The van der Waals surface area contributed by atoms with Gasteiger partial charge in [0.05, 0.1) is 0 Å². The summed E-state index contributed by atoms with van der Waals surface area (Å²) in [5.74, 6) is 0.647. The molecule has 66 valence electrons. The van der Waals surface area contributed by atoms with Gasteiger partial charge in [-0.15, -0.1) is 10.2 Å². The lowest BCUT2D eigenvalue weighted by Gasteiger charge is -2.12. The Morgan fingerprint density at radius 3 is 3.25 bits per heavy atom. The van der Waals surface area contributed by atoms with Gasteiger partial charge >= 0.3 is 0 Å². The van der Waals surface area contributed by atoms with Gasteiger partial charge < -0.3 is 10.6 Å². The molecule has 1 aromatic heterocycles. The molecule has 0 amide bonds. The summed E-state index contributed by atoms with van der Waals surface area (Å²) in [6.07, 6.45) is 1.19. The van der Waals surface area contributed by atoms with Crippen LogP contribution in [-0.2, 0) is 0 Å². The van der Waals surface area contributed by atoms with E-state index in [4.69, 9.17) is 5.73 Å². The van der Waals surface area contributed by atoms with Crippen molar-refractivity contribution in [3.05, 3.63) is 5.51 Å². The SMILES string of the molecule is NCC1CCN(c2nncs2)C1. The minimum atomic E-state index is 0.647. The first-order valence-corrected chi connectivity index (χ1v) is 4.99. The van der Waals surface area contributed by atoms with Crippen molar-refractivity contribution in [3.8, 4) is 0 Å². The van der Waals surface area contributed by atoms with Crippen LogP contribution in [0.4, 0.5) is 5.13 Å². The largest absolute Gasteiger partial charge is 0.346 e. The first-order valence-electron chi connectivity index (χ1n) is 4.11. The van der Waals surface area contributed by atoms with Crippen LogP contribution in [0.5, 0.6) is 0 Å². The van der Waals surface area contributed by atoms with Crippen molar-refractivity contribution < 1.29 is 0 Å². The van der Waals surface area contributed by atoms with E-state index in [-0.39, 0.29) is 0 Å². The molecular weight excluding hydrogens is 172 g/mol. The molecule has 2 heterocycles. The Morgan fingerprint density at radius 1 is 1.75 bits per heavy atom. The molecule has 0 saturated carbocycles. The lowest BCUT2D eigenvalue weighted by Crippen LogP contribution is -2.22. The van der Waals surface area contributed by atoms with Crippen molar-refractivity contribution in [2.75, 3.05) is 24.5 Å². The molecule has 0 aliphatic carbocycles. The van der Waals surface area contributed by atoms with Crippen molar-refractivity contribution in [3.63, 3.8) is 0 Å². The maximum atomic E-state index is 5.59. The molecule has 1 saturated heterocycles. The number of hydrogen-bond donors (Lipinski definition) is 1. The van der Waals surface area contributed by atoms with Gasteiger partial charge in [0.2, 0.25) is 5.13 Å². The standard InChI is InChI=1S/C7H12N4S/c8-3-6-1-2-11(4-6)7-10-9-5-12-7/h5-6H,1-4,8H2. The fourth-order valence-electron chi connectivity index (χ4n) is 1.50. The lowest BCUT2D eigenvalue weighted by molar-refractivity contribution is 0.602. The van der Waals surface area contributed by atoms with Gasteiger partial charge in [-0.25, -0.2) is 0 Å². The minimum absolute atomic E-state index is 0.647. The molecular formula is C7H12N4S. The lowest BCUT2D eigenvalue weighted by atomic mass is 10.1. The first-order chi connectivity index (χ1) is 5.90. The monoisotopic (exact) mass is 184 g/mol. The Morgan fingerprint density at radius 2 is 2.67 bits per heavy atom. The van der Waals surface area contributed by atoms with E-state index in [2.05, 4.69) is 15.1 Å². The zero-order valence-corrected chi connectivity index (χ0v) is 7.63. The summed E-state index contributed by atoms with van der Waals surface area (Å²) < 4.78 is 0. The highest BCUT2D eigenvalue weighted by atomic mass is 32.1. The number of rotatable bonds is 2. The predicted molar refractivity (Wildman–Crippen MR) is 49.3 cm³/mol. The van der Waals surface area contributed by atoms with Crippen LogP contribution >= 0.6 is 11.3 Å². The smallest absolute Gasteiger partial charge is 0.208 e. The summed E-state index contributed by atoms with van der Waals surface area (Å²) in [5, 5.41) is 8.87. The number of hydrogen-bond acceptors (Lipinski definition) is 5. The molecule has 0 aromatic carbocycles. The Kier molecular flexibility index (Phi) is 2.23. The molecule has 1 aliphatic rings. The summed E-state index contributed by atoms with van der Waals surface area (Å²) in [7, 11) is 0. The molecule has 0 spiro atoms. The van der Waals surface area contributed by atoms with E-state index >= 15 is 0 Å². The van der Waals surface area contributed by atoms with Gasteiger partial charge in [0.25, 0.3) is 0 Å². The van der Waals surface area contributed by atoms with E-state index in [9.17, 15) is 0 Å².